The van der Waals surface area contributed by atoms with E-state index in [4.69, 9.17) is 5.73 Å². The van der Waals surface area contributed by atoms with Gasteiger partial charge in [0.05, 0.1) is 0 Å². The molecule has 0 aromatic heterocycles. The highest BCUT2D eigenvalue weighted by atomic mass is 16.1. The maximum atomic E-state index is 11.9. The van der Waals surface area contributed by atoms with E-state index in [2.05, 4.69) is 46.9 Å². The van der Waals surface area contributed by atoms with E-state index in [1.807, 2.05) is 0 Å². The van der Waals surface area contributed by atoms with E-state index in [-0.39, 0.29) is 16.9 Å². The van der Waals surface area contributed by atoms with Crippen LogP contribution in [0, 0.1) is 11.3 Å². The van der Waals surface area contributed by atoms with Crippen LogP contribution in [0.4, 0.5) is 0 Å². The fourth-order valence-corrected chi connectivity index (χ4v) is 2.28. The molecule has 0 spiro atoms. The summed E-state index contributed by atoms with van der Waals surface area (Å²) in [5, 5.41) is 2.98. The van der Waals surface area contributed by atoms with Crippen LogP contribution >= 0.6 is 0 Å². The minimum Gasteiger partial charge on any atom is -0.354 e. The predicted molar refractivity (Wildman–Crippen MR) is 78.4 cm³/mol. The van der Waals surface area contributed by atoms with E-state index in [1.165, 1.54) is 0 Å². The molecule has 0 fully saturated rings. The third-order valence-electron chi connectivity index (χ3n) is 3.54. The molecule has 0 aromatic carbocycles. The molecule has 108 valence electrons. The van der Waals surface area contributed by atoms with Crippen molar-refractivity contribution in [2.45, 2.75) is 72.8 Å². The van der Waals surface area contributed by atoms with Crippen molar-refractivity contribution in [3.63, 3.8) is 0 Å². The van der Waals surface area contributed by atoms with Crippen molar-refractivity contribution in [2.24, 2.45) is 17.1 Å². The number of hydrogen-bond donors (Lipinski definition) is 2. The quantitative estimate of drug-likeness (QED) is 0.735. The highest BCUT2D eigenvalue weighted by molar-refractivity contribution is 5.76. The van der Waals surface area contributed by atoms with Gasteiger partial charge in [0, 0.05) is 18.5 Å². The molecular weight excluding hydrogens is 224 g/mol. The average Bonchev–Trinajstić information content (AvgIpc) is 2.23. The van der Waals surface area contributed by atoms with E-state index in [0.717, 1.165) is 19.3 Å². The summed E-state index contributed by atoms with van der Waals surface area (Å²) in [6, 6.07) is 0. The minimum atomic E-state index is -0.247. The van der Waals surface area contributed by atoms with E-state index in [9.17, 15) is 4.79 Å². The van der Waals surface area contributed by atoms with Gasteiger partial charge >= 0.3 is 0 Å². The number of amides is 1. The summed E-state index contributed by atoms with van der Waals surface area (Å²) < 4.78 is 0. The Kier molecular flexibility index (Phi) is 6.90. The molecule has 0 saturated carbocycles. The second kappa shape index (κ2) is 7.13. The van der Waals surface area contributed by atoms with Crippen LogP contribution in [0.1, 0.15) is 67.2 Å². The van der Waals surface area contributed by atoms with Gasteiger partial charge in [0.15, 0.2) is 0 Å². The van der Waals surface area contributed by atoms with Crippen molar-refractivity contribution in [1.82, 2.24) is 5.32 Å². The molecule has 0 heterocycles. The molecule has 0 aliphatic carbocycles. The van der Waals surface area contributed by atoms with Crippen LogP contribution in [0.25, 0.3) is 0 Å². The Morgan fingerprint density at radius 1 is 1.22 bits per heavy atom. The Hall–Kier alpha value is -0.570. The van der Waals surface area contributed by atoms with Crippen LogP contribution < -0.4 is 11.1 Å². The Balaban J connectivity index is 4.05. The molecule has 0 aliphatic heterocycles. The second-order valence-electron chi connectivity index (χ2n) is 6.92. The van der Waals surface area contributed by atoms with Crippen molar-refractivity contribution in [2.75, 3.05) is 6.54 Å². The summed E-state index contributed by atoms with van der Waals surface area (Å²) in [4.78, 5) is 11.9. The second-order valence-corrected chi connectivity index (χ2v) is 6.92. The first-order chi connectivity index (χ1) is 8.12. The molecule has 0 radical (unpaired) electrons. The topological polar surface area (TPSA) is 55.1 Å². The number of nitrogens with two attached hydrogens (primary N) is 1. The van der Waals surface area contributed by atoms with Gasteiger partial charge in [-0.3, -0.25) is 4.79 Å². The van der Waals surface area contributed by atoms with E-state index >= 15 is 0 Å². The van der Waals surface area contributed by atoms with Gasteiger partial charge in [-0.2, -0.15) is 0 Å². The highest BCUT2D eigenvalue weighted by Gasteiger charge is 2.22. The van der Waals surface area contributed by atoms with Crippen molar-refractivity contribution in [1.29, 1.82) is 0 Å². The Morgan fingerprint density at radius 2 is 1.72 bits per heavy atom. The van der Waals surface area contributed by atoms with Crippen LogP contribution in [0.2, 0.25) is 0 Å². The van der Waals surface area contributed by atoms with Gasteiger partial charge in [-0.05, 0) is 30.6 Å². The molecule has 1 atom stereocenters. The molecule has 1 unspecified atom stereocenters. The van der Waals surface area contributed by atoms with Crippen LogP contribution in [0.15, 0.2) is 0 Å². The zero-order valence-electron chi connectivity index (χ0n) is 13.1. The van der Waals surface area contributed by atoms with Crippen LogP contribution in [-0.4, -0.2) is 18.0 Å². The summed E-state index contributed by atoms with van der Waals surface area (Å²) in [5.41, 5.74) is 6.20. The van der Waals surface area contributed by atoms with Gasteiger partial charge in [-0.25, -0.2) is 0 Å². The van der Waals surface area contributed by atoms with Gasteiger partial charge in [0.2, 0.25) is 5.91 Å². The van der Waals surface area contributed by atoms with Crippen molar-refractivity contribution in [3.05, 3.63) is 0 Å². The van der Waals surface area contributed by atoms with Gasteiger partial charge < -0.3 is 11.1 Å². The van der Waals surface area contributed by atoms with Crippen LogP contribution in [-0.2, 0) is 4.79 Å². The number of rotatable bonds is 7. The van der Waals surface area contributed by atoms with Crippen molar-refractivity contribution < 1.29 is 4.79 Å². The maximum absolute atomic E-state index is 11.9. The largest absolute Gasteiger partial charge is 0.354 e. The molecule has 0 bridgehead atoms. The average molecular weight is 256 g/mol. The van der Waals surface area contributed by atoms with Crippen molar-refractivity contribution in [3.8, 4) is 0 Å². The summed E-state index contributed by atoms with van der Waals surface area (Å²) in [7, 11) is 0. The highest BCUT2D eigenvalue weighted by Crippen LogP contribution is 2.25. The van der Waals surface area contributed by atoms with Crippen molar-refractivity contribution >= 4 is 5.91 Å². The van der Waals surface area contributed by atoms with Gasteiger partial charge in [0.25, 0.3) is 0 Å². The number of hydrogen-bond acceptors (Lipinski definition) is 2. The lowest BCUT2D eigenvalue weighted by Gasteiger charge is -2.27. The first-order valence-corrected chi connectivity index (χ1v) is 7.17. The molecule has 0 rings (SSSR count). The zero-order valence-corrected chi connectivity index (χ0v) is 13.1. The lowest BCUT2D eigenvalue weighted by Crippen LogP contribution is -2.49. The lowest BCUT2D eigenvalue weighted by molar-refractivity contribution is -0.122. The Morgan fingerprint density at radius 3 is 2.11 bits per heavy atom. The predicted octanol–water partition coefficient (Wildman–Crippen LogP) is 3.08. The summed E-state index contributed by atoms with van der Waals surface area (Å²) in [6.07, 6.45) is 3.44. The fourth-order valence-electron chi connectivity index (χ4n) is 2.28. The summed E-state index contributed by atoms with van der Waals surface area (Å²) >= 11 is 0. The van der Waals surface area contributed by atoms with Gasteiger partial charge in [-0.1, -0.05) is 41.5 Å². The molecular formula is C15H32N2O. The monoisotopic (exact) mass is 256 g/mol. The summed E-state index contributed by atoms with van der Waals surface area (Å²) in [6.45, 7) is 13.5. The van der Waals surface area contributed by atoms with E-state index in [1.54, 1.807) is 0 Å². The first-order valence-electron chi connectivity index (χ1n) is 7.17. The van der Waals surface area contributed by atoms with Crippen LogP contribution in [0.3, 0.4) is 0 Å². The third-order valence-corrected chi connectivity index (χ3v) is 3.54. The van der Waals surface area contributed by atoms with E-state index in [0.29, 0.717) is 18.9 Å². The van der Waals surface area contributed by atoms with Crippen LogP contribution in [0.5, 0.6) is 0 Å². The SMILES string of the molecule is CCC(N)(CC)CNC(=O)CC(C)CC(C)(C)C. The zero-order chi connectivity index (χ0) is 14.4. The molecule has 0 aromatic rings. The standard InChI is InChI=1S/C15H32N2O/c1-7-15(16,8-2)11-17-13(18)9-12(3)10-14(4,5)6/h12H,7-11,16H2,1-6H3,(H,17,18). The normalized spacial score (nSPS) is 14.4. The molecule has 0 saturated heterocycles. The lowest BCUT2D eigenvalue weighted by atomic mass is 9.84. The molecule has 1 amide bonds. The number of nitrogens with one attached hydrogen (secondary N) is 1. The van der Waals surface area contributed by atoms with Gasteiger partial charge in [-0.15, -0.1) is 0 Å². The first kappa shape index (κ1) is 17.4. The summed E-state index contributed by atoms with van der Waals surface area (Å²) in [5.74, 6) is 0.545. The molecule has 18 heavy (non-hydrogen) atoms. The minimum absolute atomic E-state index is 0.128. The Labute approximate surface area is 113 Å². The molecule has 0 aliphatic rings. The Bertz CT molecular complexity index is 252. The smallest absolute Gasteiger partial charge is 0.220 e. The maximum Gasteiger partial charge on any atom is 0.220 e. The number of carbonyl (C=O) groups excluding carboxylic acids is 1. The fraction of sp³-hybridized carbons (Fsp3) is 0.933. The van der Waals surface area contributed by atoms with E-state index < -0.39 is 0 Å². The molecule has 3 nitrogen and oxygen atoms in total. The molecule has 3 N–H and O–H groups in total. The molecule has 3 heteroatoms. The third kappa shape index (κ3) is 7.70. The number of carbonyl (C=O) groups is 1. The van der Waals surface area contributed by atoms with Gasteiger partial charge in [0.1, 0.15) is 0 Å².